The summed E-state index contributed by atoms with van der Waals surface area (Å²) in [6, 6.07) is 0. The fourth-order valence-electron chi connectivity index (χ4n) is 1.54. The van der Waals surface area contributed by atoms with Crippen LogP contribution < -0.4 is 0 Å². The summed E-state index contributed by atoms with van der Waals surface area (Å²) in [6.45, 7) is 2.22. The molecule has 1 heteroatoms. The van der Waals surface area contributed by atoms with Gasteiger partial charge in [-0.05, 0) is 18.8 Å². The molecule has 0 heterocycles. The molecule has 0 aromatic rings. The van der Waals surface area contributed by atoms with Crippen molar-refractivity contribution in [3.05, 3.63) is 0 Å². The molecule has 11 heavy (non-hydrogen) atoms. The first-order valence-corrected chi connectivity index (χ1v) is 4.76. The highest BCUT2D eigenvalue weighted by atomic mass is 16.1. The molecule has 1 radical (unpaired) electrons. The second kappa shape index (κ2) is 4.53. The molecule has 2 atom stereocenters. The molecule has 0 N–H and O–H groups in total. The molecule has 2 unspecified atom stereocenters. The summed E-state index contributed by atoms with van der Waals surface area (Å²) in [7, 11) is 0. The molecular formula is C10H17O. The van der Waals surface area contributed by atoms with Crippen molar-refractivity contribution >= 4 is 6.29 Å². The van der Waals surface area contributed by atoms with Crippen LogP contribution in [0.1, 0.15) is 45.4 Å². The molecule has 0 saturated heterocycles. The molecule has 1 rings (SSSR count). The predicted molar refractivity (Wildman–Crippen MR) is 46.0 cm³/mol. The highest BCUT2D eigenvalue weighted by Crippen LogP contribution is 2.40. The first kappa shape index (κ1) is 8.76. The van der Waals surface area contributed by atoms with E-state index < -0.39 is 0 Å². The summed E-state index contributed by atoms with van der Waals surface area (Å²) >= 11 is 0. The maximum Gasteiger partial charge on any atom is 0.202 e. The monoisotopic (exact) mass is 153 g/mol. The van der Waals surface area contributed by atoms with Crippen LogP contribution in [0.2, 0.25) is 0 Å². The maximum absolute atomic E-state index is 10.1. The van der Waals surface area contributed by atoms with Gasteiger partial charge in [0, 0.05) is 5.92 Å². The molecule has 0 spiro atoms. The lowest BCUT2D eigenvalue weighted by molar-refractivity contribution is 0.536. The zero-order valence-corrected chi connectivity index (χ0v) is 7.31. The summed E-state index contributed by atoms with van der Waals surface area (Å²) in [5.41, 5.74) is 0. The topological polar surface area (TPSA) is 17.1 Å². The number of unbranched alkanes of at least 4 members (excludes halogenated alkanes) is 3. The number of rotatable bonds is 6. The van der Waals surface area contributed by atoms with Crippen LogP contribution >= 0.6 is 0 Å². The lowest BCUT2D eigenvalue weighted by atomic mass is 10.1. The minimum Gasteiger partial charge on any atom is -0.291 e. The lowest BCUT2D eigenvalue weighted by Gasteiger charge is -1.96. The van der Waals surface area contributed by atoms with Gasteiger partial charge in [-0.3, -0.25) is 4.79 Å². The molecule has 1 nitrogen and oxygen atoms in total. The van der Waals surface area contributed by atoms with Crippen molar-refractivity contribution in [2.75, 3.05) is 0 Å². The van der Waals surface area contributed by atoms with E-state index in [1.54, 1.807) is 0 Å². The predicted octanol–water partition coefficient (Wildman–Crippen LogP) is 2.70. The maximum atomic E-state index is 10.1. The van der Waals surface area contributed by atoms with E-state index in [1.807, 2.05) is 0 Å². The Morgan fingerprint density at radius 2 is 2.18 bits per heavy atom. The second-order valence-electron chi connectivity index (χ2n) is 3.57. The van der Waals surface area contributed by atoms with Crippen molar-refractivity contribution in [1.82, 2.24) is 0 Å². The van der Waals surface area contributed by atoms with Crippen LogP contribution in [0.4, 0.5) is 0 Å². The normalized spacial score (nSPS) is 28.5. The van der Waals surface area contributed by atoms with Crippen LogP contribution in [-0.2, 0) is 4.79 Å². The van der Waals surface area contributed by atoms with Gasteiger partial charge in [0.15, 0.2) is 0 Å². The van der Waals surface area contributed by atoms with Crippen LogP contribution in [0.3, 0.4) is 0 Å². The lowest BCUT2D eigenvalue weighted by Crippen LogP contribution is -1.84. The zero-order chi connectivity index (χ0) is 8.10. The van der Waals surface area contributed by atoms with Gasteiger partial charge in [0.2, 0.25) is 6.29 Å². The van der Waals surface area contributed by atoms with Gasteiger partial charge in [-0.25, -0.2) is 0 Å². The Bertz CT molecular complexity index is 120. The van der Waals surface area contributed by atoms with E-state index in [4.69, 9.17) is 0 Å². The molecule has 0 bridgehead atoms. The Kier molecular flexibility index (Phi) is 3.61. The highest BCUT2D eigenvalue weighted by Gasteiger charge is 2.36. The molecule has 1 aliphatic rings. The largest absolute Gasteiger partial charge is 0.291 e. The summed E-state index contributed by atoms with van der Waals surface area (Å²) in [4.78, 5) is 10.1. The molecule has 0 amide bonds. The van der Waals surface area contributed by atoms with Crippen molar-refractivity contribution in [3.63, 3.8) is 0 Å². The Morgan fingerprint density at radius 1 is 1.36 bits per heavy atom. The zero-order valence-electron chi connectivity index (χ0n) is 7.31. The Morgan fingerprint density at radius 3 is 2.73 bits per heavy atom. The first-order valence-electron chi connectivity index (χ1n) is 4.76. The van der Waals surface area contributed by atoms with E-state index in [0.29, 0.717) is 11.8 Å². The van der Waals surface area contributed by atoms with Crippen molar-refractivity contribution in [3.8, 4) is 0 Å². The average molecular weight is 153 g/mol. The van der Waals surface area contributed by atoms with E-state index >= 15 is 0 Å². The van der Waals surface area contributed by atoms with Gasteiger partial charge in [-0.2, -0.15) is 0 Å². The van der Waals surface area contributed by atoms with Crippen molar-refractivity contribution < 1.29 is 4.79 Å². The molecule has 0 aromatic carbocycles. The number of carbonyl (C=O) groups excluding carboxylic acids is 1. The van der Waals surface area contributed by atoms with Crippen molar-refractivity contribution in [2.24, 2.45) is 11.8 Å². The van der Waals surface area contributed by atoms with E-state index in [2.05, 4.69) is 13.2 Å². The molecule has 63 valence electrons. The summed E-state index contributed by atoms with van der Waals surface area (Å²) in [6.07, 6.45) is 9.78. The van der Waals surface area contributed by atoms with Gasteiger partial charge in [0.25, 0.3) is 0 Å². The number of hydrogen-bond donors (Lipinski definition) is 0. The van der Waals surface area contributed by atoms with E-state index in [9.17, 15) is 4.79 Å². The fraction of sp³-hybridized carbons (Fsp3) is 0.900. The van der Waals surface area contributed by atoms with Gasteiger partial charge in [0.05, 0.1) is 0 Å². The van der Waals surface area contributed by atoms with Crippen molar-refractivity contribution in [1.29, 1.82) is 0 Å². The molecule has 1 aliphatic carbocycles. The van der Waals surface area contributed by atoms with E-state index in [1.165, 1.54) is 32.1 Å². The minimum atomic E-state index is 0.316. The minimum absolute atomic E-state index is 0.316. The van der Waals surface area contributed by atoms with Crippen LogP contribution in [0.25, 0.3) is 0 Å². The van der Waals surface area contributed by atoms with Crippen LogP contribution in [-0.4, -0.2) is 6.29 Å². The summed E-state index contributed by atoms with van der Waals surface area (Å²) in [5.74, 6) is 1.03. The average Bonchev–Trinajstić information content (AvgIpc) is 2.77. The summed E-state index contributed by atoms with van der Waals surface area (Å²) in [5, 5.41) is 0. The standard InChI is InChI=1S/C10H17O/c1-2-3-4-5-6-9-7-10(9)8-11/h9-10H,2-7H2,1H3. The number of hydrogen-bond acceptors (Lipinski definition) is 1. The Hall–Kier alpha value is -0.330. The highest BCUT2D eigenvalue weighted by molar-refractivity contribution is 5.58. The van der Waals surface area contributed by atoms with Crippen molar-refractivity contribution in [2.45, 2.75) is 45.4 Å². The Labute approximate surface area is 69.2 Å². The van der Waals surface area contributed by atoms with E-state index in [0.717, 1.165) is 6.42 Å². The second-order valence-corrected chi connectivity index (χ2v) is 3.57. The molecule has 0 aromatic heterocycles. The van der Waals surface area contributed by atoms with Crippen LogP contribution in [0, 0.1) is 11.8 Å². The smallest absolute Gasteiger partial charge is 0.202 e. The van der Waals surface area contributed by atoms with Crippen LogP contribution in [0.15, 0.2) is 0 Å². The molecular weight excluding hydrogens is 136 g/mol. The molecule has 1 saturated carbocycles. The SMILES string of the molecule is CCCCCCC1CC1[C]=O. The fourth-order valence-corrected chi connectivity index (χ4v) is 1.54. The first-order chi connectivity index (χ1) is 5.38. The quantitative estimate of drug-likeness (QED) is 0.536. The van der Waals surface area contributed by atoms with Gasteiger partial charge < -0.3 is 0 Å². The van der Waals surface area contributed by atoms with E-state index in [-0.39, 0.29) is 0 Å². The van der Waals surface area contributed by atoms with Crippen LogP contribution in [0.5, 0.6) is 0 Å². The third-order valence-electron chi connectivity index (χ3n) is 2.50. The summed E-state index contributed by atoms with van der Waals surface area (Å²) < 4.78 is 0. The third-order valence-corrected chi connectivity index (χ3v) is 2.50. The third kappa shape index (κ3) is 3.04. The van der Waals surface area contributed by atoms with Gasteiger partial charge >= 0.3 is 0 Å². The Balaban J connectivity index is 1.85. The van der Waals surface area contributed by atoms with Gasteiger partial charge in [-0.15, -0.1) is 0 Å². The van der Waals surface area contributed by atoms with Gasteiger partial charge in [0.1, 0.15) is 0 Å². The van der Waals surface area contributed by atoms with Gasteiger partial charge in [-0.1, -0.05) is 32.6 Å². The molecule has 1 fully saturated rings. The molecule has 0 aliphatic heterocycles.